The van der Waals surface area contributed by atoms with E-state index in [1.54, 1.807) is 12.4 Å². The number of hydrogen-bond donors (Lipinski definition) is 1. The van der Waals surface area contributed by atoms with Crippen LogP contribution in [0.15, 0.2) is 36.5 Å². The fourth-order valence-corrected chi connectivity index (χ4v) is 1.20. The van der Waals surface area contributed by atoms with Crippen molar-refractivity contribution in [2.45, 2.75) is 0 Å². The van der Waals surface area contributed by atoms with E-state index in [9.17, 15) is 5.21 Å². The first kappa shape index (κ1) is 7.13. The fraction of sp³-hybridized carbons (Fsp3) is 0. The lowest BCUT2D eigenvalue weighted by Gasteiger charge is -2.01. The van der Waals surface area contributed by atoms with E-state index in [4.69, 9.17) is 0 Å². The van der Waals surface area contributed by atoms with Crippen LogP contribution in [-0.4, -0.2) is 10.3 Å². The van der Waals surface area contributed by atoms with E-state index in [-0.39, 0.29) is 0 Å². The van der Waals surface area contributed by atoms with Crippen molar-refractivity contribution in [2.75, 3.05) is 0 Å². The summed E-state index contributed by atoms with van der Waals surface area (Å²) in [5.74, 6) is 0. The molecule has 2 rings (SSSR count). The zero-order valence-electron chi connectivity index (χ0n) is 6.51. The molecule has 0 bridgehead atoms. The maximum Gasteiger partial charge on any atom is 0.0403 e. The molecule has 0 spiro atoms. The molecule has 0 amide bonds. The van der Waals surface area contributed by atoms with Gasteiger partial charge < -0.3 is 0 Å². The Labute approximate surface area is 70.3 Å². The number of hydroxylamine groups is 2. The standard InChI is InChI=1S/C10H9NO/c12-11-7-3-6-9-4-1-2-5-10(9)8-11/h1-8,12H. The number of benzene rings is 1. The number of allylic oxidation sites excluding steroid dienone is 1. The Hall–Kier alpha value is -1.54. The minimum atomic E-state index is 1.02. The first-order valence-electron chi connectivity index (χ1n) is 3.79. The molecular weight excluding hydrogens is 150 g/mol. The van der Waals surface area contributed by atoms with Gasteiger partial charge in [-0.2, -0.15) is 0 Å². The van der Waals surface area contributed by atoms with Crippen molar-refractivity contribution in [1.29, 1.82) is 0 Å². The first-order valence-corrected chi connectivity index (χ1v) is 3.79. The van der Waals surface area contributed by atoms with E-state index in [2.05, 4.69) is 0 Å². The number of fused-ring (bicyclic) bond motifs is 1. The van der Waals surface area contributed by atoms with Crippen LogP contribution in [0.3, 0.4) is 0 Å². The van der Waals surface area contributed by atoms with Crippen molar-refractivity contribution in [3.63, 3.8) is 0 Å². The molecule has 1 aromatic rings. The fourth-order valence-electron chi connectivity index (χ4n) is 1.20. The van der Waals surface area contributed by atoms with Crippen molar-refractivity contribution in [3.8, 4) is 0 Å². The van der Waals surface area contributed by atoms with E-state index < -0.39 is 0 Å². The van der Waals surface area contributed by atoms with Gasteiger partial charge in [0.15, 0.2) is 0 Å². The highest BCUT2D eigenvalue weighted by Gasteiger charge is 1.90. The van der Waals surface area contributed by atoms with Gasteiger partial charge in [-0.25, -0.2) is 5.06 Å². The van der Waals surface area contributed by atoms with Crippen LogP contribution in [0.1, 0.15) is 0 Å². The monoisotopic (exact) mass is 159 g/mol. The predicted molar refractivity (Wildman–Crippen MR) is 47.4 cm³/mol. The zero-order valence-corrected chi connectivity index (χ0v) is 6.51. The highest BCUT2D eigenvalue weighted by molar-refractivity contribution is 5.42. The summed E-state index contributed by atoms with van der Waals surface area (Å²) in [5.41, 5.74) is 0. The lowest BCUT2D eigenvalue weighted by atomic mass is 10.2. The highest BCUT2D eigenvalue weighted by atomic mass is 16.5. The molecule has 1 N–H and O–H groups in total. The molecule has 2 heteroatoms. The second kappa shape index (κ2) is 2.83. The maximum atomic E-state index is 9.21. The highest BCUT2D eigenvalue weighted by Crippen LogP contribution is 1.88. The SMILES string of the molecule is ON1C=CC=c2ccccc2=C1. The van der Waals surface area contributed by atoms with Crippen LogP contribution in [0.4, 0.5) is 0 Å². The lowest BCUT2D eigenvalue weighted by Crippen LogP contribution is -2.24. The van der Waals surface area contributed by atoms with Gasteiger partial charge in [-0.3, -0.25) is 5.21 Å². The molecule has 1 aliphatic heterocycles. The summed E-state index contributed by atoms with van der Waals surface area (Å²) in [7, 11) is 0. The molecule has 0 saturated heterocycles. The molecule has 0 radical (unpaired) electrons. The Bertz CT molecular complexity index is 420. The van der Waals surface area contributed by atoms with Crippen molar-refractivity contribution < 1.29 is 5.21 Å². The van der Waals surface area contributed by atoms with Crippen LogP contribution >= 0.6 is 0 Å². The normalized spacial score (nSPS) is 14.2. The zero-order chi connectivity index (χ0) is 8.39. The third kappa shape index (κ3) is 1.24. The molecule has 0 atom stereocenters. The summed E-state index contributed by atoms with van der Waals surface area (Å²) in [6, 6.07) is 7.89. The Morgan fingerprint density at radius 2 is 1.83 bits per heavy atom. The Morgan fingerprint density at radius 3 is 2.67 bits per heavy atom. The van der Waals surface area contributed by atoms with Crippen LogP contribution in [-0.2, 0) is 0 Å². The van der Waals surface area contributed by atoms with Crippen LogP contribution in [0, 0.1) is 0 Å². The minimum absolute atomic E-state index is 1.02. The molecule has 1 aliphatic rings. The Kier molecular flexibility index (Phi) is 1.68. The van der Waals surface area contributed by atoms with Gasteiger partial charge in [0.05, 0.1) is 0 Å². The average Bonchev–Trinajstić information content (AvgIpc) is 2.25. The summed E-state index contributed by atoms with van der Waals surface area (Å²) in [6.45, 7) is 0. The number of hydrogen-bond acceptors (Lipinski definition) is 2. The summed E-state index contributed by atoms with van der Waals surface area (Å²) in [4.78, 5) is 0. The summed E-state index contributed by atoms with van der Waals surface area (Å²) >= 11 is 0. The van der Waals surface area contributed by atoms with Crippen molar-refractivity contribution >= 4 is 12.3 Å². The van der Waals surface area contributed by atoms with E-state index in [1.807, 2.05) is 36.4 Å². The van der Waals surface area contributed by atoms with Crippen molar-refractivity contribution in [1.82, 2.24) is 5.06 Å². The van der Waals surface area contributed by atoms with Gasteiger partial charge >= 0.3 is 0 Å². The number of nitrogens with zero attached hydrogens (tertiary/aromatic N) is 1. The quantitative estimate of drug-likeness (QED) is 0.593. The molecule has 60 valence electrons. The van der Waals surface area contributed by atoms with Crippen molar-refractivity contribution in [2.24, 2.45) is 0 Å². The topological polar surface area (TPSA) is 23.5 Å². The molecule has 0 unspecified atom stereocenters. The average molecular weight is 159 g/mol. The first-order chi connectivity index (χ1) is 5.86. The van der Waals surface area contributed by atoms with Crippen LogP contribution in [0.2, 0.25) is 0 Å². The molecule has 12 heavy (non-hydrogen) atoms. The molecule has 0 aliphatic carbocycles. The van der Waals surface area contributed by atoms with E-state index in [0.29, 0.717) is 0 Å². The summed E-state index contributed by atoms with van der Waals surface area (Å²) in [5, 5.41) is 12.4. The van der Waals surface area contributed by atoms with Gasteiger partial charge in [0.1, 0.15) is 0 Å². The van der Waals surface area contributed by atoms with Gasteiger partial charge in [0.2, 0.25) is 0 Å². The van der Waals surface area contributed by atoms with E-state index in [0.717, 1.165) is 15.5 Å². The summed E-state index contributed by atoms with van der Waals surface area (Å²) in [6.07, 6.45) is 7.04. The lowest BCUT2D eigenvalue weighted by molar-refractivity contribution is 0.0322. The van der Waals surface area contributed by atoms with Crippen LogP contribution in [0.25, 0.3) is 12.3 Å². The van der Waals surface area contributed by atoms with Gasteiger partial charge in [0.25, 0.3) is 0 Å². The molecule has 0 fully saturated rings. The molecule has 0 saturated carbocycles. The third-order valence-electron chi connectivity index (χ3n) is 1.78. The van der Waals surface area contributed by atoms with Crippen LogP contribution < -0.4 is 10.4 Å². The van der Waals surface area contributed by atoms with Crippen LogP contribution in [0.5, 0.6) is 0 Å². The Morgan fingerprint density at radius 1 is 1.08 bits per heavy atom. The Balaban J connectivity index is 2.75. The summed E-state index contributed by atoms with van der Waals surface area (Å²) < 4.78 is 0. The van der Waals surface area contributed by atoms with Gasteiger partial charge in [-0.15, -0.1) is 0 Å². The van der Waals surface area contributed by atoms with E-state index in [1.165, 1.54) is 0 Å². The molecule has 0 aromatic heterocycles. The third-order valence-corrected chi connectivity index (χ3v) is 1.78. The molecule has 1 heterocycles. The number of rotatable bonds is 0. The van der Waals surface area contributed by atoms with Gasteiger partial charge in [-0.1, -0.05) is 30.3 Å². The second-order valence-electron chi connectivity index (χ2n) is 2.65. The molecule has 1 aromatic carbocycles. The largest absolute Gasteiger partial charge is 0.285 e. The maximum absolute atomic E-state index is 9.21. The molecular formula is C10H9NO. The molecule has 2 nitrogen and oxygen atoms in total. The van der Waals surface area contributed by atoms with Gasteiger partial charge in [0, 0.05) is 17.6 Å². The van der Waals surface area contributed by atoms with Gasteiger partial charge in [-0.05, 0) is 11.3 Å². The second-order valence-corrected chi connectivity index (χ2v) is 2.65. The van der Waals surface area contributed by atoms with Crippen molar-refractivity contribution in [3.05, 3.63) is 47.0 Å². The smallest absolute Gasteiger partial charge is 0.0403 e. The minimum Gasteiger partial charge on any atom is -0.285 e. The van der Waals surface area contributed by atoms with E-state index >= 15 is 0 Å². The predicted octanol–water partition coefficient (Wildman–Crippen LogP) is 0.424.